The number of anilines is 1. The first kappa shape index (κ1) is 22.9. The van der Waals surface area contributed by atoms with Crippen LogP contribution in [0.2, 0.25) is 0 Å². The summed E-state index contributed by atoms with van der Waals surface area (Å²) < 4.78 is 7.15. The van der Waals surface area contributed by atoms with Gasteiger partial charge in [0.2, 0.25) is 5.91 Å². The van der Waals surface area contributed by atoms with E-state index in [0.717, 1.165) is 71.5 Å². The molecule has 0 unspecified atom stereocenters. The fourth-order valence-corrected chi connectivity index (χ4v) is 4.84. The van der Waals surface area contributed by atoms with Crippen molar-refractivity contribution in [3.8, 4) is 17.0 Å². The van der Waals surface area contributed by atoms with Crippen molar-refractivity contribution in [3.63, 3.8) is 0 Å². The van der Waals surface area contributed by atoms with Crippen LogP contribution < -0.4 is 9.64 Å². The number of aryl methyl sites for hydroxylation is 2. The molecular formula is C28H31N5O2. The van der Waals surface area contributed by atoms with Crippen LogP contribution in [0.1, 0.15) is 23.4 Å². The molecule has 7 nitrogen and oxygen atoms in total. The molecular weight excluding hydrogens is 438 g/mol. The Bertz CT molecular complexity index is 1320. The molecule has 0 aliphatic carbocycles. The number of benzene rings is 2. The highest BCUT2D eigenvalue weighted by molar-refractivity contribution is 5.77. The van der Waals surface area contributed by atoms with E-state index < -0.39 is 0 Å². The minimum atomic E-state index is 0.198. The van der Waals surface area contributed by atoms with E-state index in [1.54, 1.807) is 7.11 Å². The number of ether oxygens (including phenoxy) is 1. The lowest BCUT2D eigenvalue weighted by atomic mass is 10.1. The summed E-state index contributed by atoms with van der Waals surface area (Å²) in [6.45, 7) is 7.23. The molecule has 1 aliphatic heterocycles. The van der Waals surface area contributed by atoms with Crippen molar-refractivity contribution in [2.45, 2.75) is 26.7 Å². The van der Waals surface area contributed by atoms with E-state index >= 15 is 0 Å². The maximum atomic E-state index is 13.0. The van der Waals surface area contributed by atoms with Gasteiger partial charge in [0, 0.05) is 61.3 Å². The standard InChI is InChI=1S/C28H31N5O2/c1-20-25(21(2)33-27(29-20)19-26(30-33)22-7-5-4-6-8-22)13-14-28(34)32-17-15-31(16-18-32)23-9-11-24(35-3)12-10-23/h4-12,19H,13-18H2,1-3H3. The van der Waals surface area contributed by atoms with Crippen LogP contribution >= 0.6 is 0 Å². The number of hydrogen-bond donors (Lipinski definition) is 0. The molecule has 2 aromatic heterocycles. The molecule has 1 fully saturated rings. The molecule has 5 rings (SSSR count). The first-order chi connectivity index (χ1) is 17.0. The second-order valence-electron chi connectivity index (χ2n) is 8.99. The van der Waals surface area contributed by atoms with Crippen molar-refractivity contribution >= 4 is 17.2 Å². The maximum absolute atomic E-state index is 13.0. The van der Waals surface area contributed by atoms with Crippen LogP contribution in [0.15, 0.2) is 60.7 Å². The van der Waals surface area contributed by atoms with Crippen LogP contribution in [0.4, 0.5) is 5.69 Å². The first-order valence-electron chi connectivity index (χ1n) is 12.1. The lowest BCUT2D eigenvalue weighted by molar-refractivity contribution is -0.131. The molecule has 180 valence electrons. The third-order valence-electron chi connectivity index (χ3n) is 6.89. The number of carbonyl (C=O) groups excluding carboxylic acids is 1. The molecule has 35 heavy (non-hydrogen) atoms. The quantitative estimate of drug-likeness (QED) is 0.421. The highest BCUT2D eigenvalue weighted by atomic mass is 16.5. The molecule has 0 saturated carbocycles. The van der Waals surface area contributed by atoms with Gasteiger partial charge in [-0.15, -0.1) is 0 Å². The van der Waals surface area contributed by atoms with E-state index in [-0.39, 0.29) is 5.91 Å². The molecule has 3 heterocycles. The van der Waals surface area contributed by atoms with Crippen molar-refractivity contribution in [3.05, 3.63) is 77.6 Å². The predicted molar refractivity (Wildman–Crippen MR) is 138 cm³/mol. The third-order valence-corrected chi connectivity index (χ3v) is 6.89. The number of methoxy groups -OCH3 is 1. The van der Waals surface area contributed by atoms with E-state index in [1.807, 2.05) is 52.7 Å². The van der Waals surface area contributed by atoms with Crippen molar-refractivity contribution in [1.82, 2.24) is 19.5 Å². The Balaban J connectivity index is 1.23. The van der Waals surface area contributed by atoms with E-state index in [4.69, 9.17) is 14.8 Å². The topological polar surface area (TPSA) is 63.0 Å². The van der Waals surface area contributed by atoms with Gasteiger partial charge in [0.1, 0.15) is 5.75 Å². The molecule has 1 saturated heterocycles. The van der Waals surface area contributed by atoms with Gasteiger partial charge in [-0.2, -0.15) is 5.10 Å². The van der Waals surface area contributed by atoms with E-state index in [0.29, 0.717) is 12.8 Å². The predicted octanol–water partition coefficient (Wildman–Crippen LogP) is 4.30. The highest BCUT2D eigenvalue weighted by Gasteiger charge is 2.22. The van der Waals surface area contributed by atoms with Crippen LogP contribution in [-0.4, -0.2) is 58.7 Å². The second-order valence-corrected chi connectivity index (χ2v) is 8.99. The Labute approximate surface area is 206 Å². The van der Waals surface area contributed by atoms with Crippen LogP contribution in [-0.2, 0) is 11.2 Å². The molecule has 0 bridgehead atoms. The fraction of sp³-hybridized carbons (Fsp3) is 0.321. The summed E-state index contributed by atoms with van der Waals surface area (Å²) in [6, 6.07) is 20.3. The Morgan fingerprint density at radius 1 is 0.971 bits per heavy atom. The highest BCUT2D eigenvalue weighted by Crippen LogP contribution is 2.24. The zero-order chi connectivity index (χ0) is 24.4. The largest absolute Gasteiger partial charge is 0.497 e. The molecule has 0 radical (unpaired) electrons. The van der Waals surface area contributed by atoms with E-state index in [1.165, 1.54) is 0 Å². The number of fused-ring (bicyclic) bond motifs is 1. The lowest BCUT2D eigenvalue weighted by Crippen LogP contribution is -2.48. The zero-order valence-electron chi connectivity index (χ0n) is 20.6. The zero-order valence-corrected chi connectivity index (χ0v) is 20.6. The summed E-state index contributed by atoms with van der Waals surface area (Å²) in [4.78, 5) is 22.1. The van der Waals surface area contributed by atoms with Crippen LogP contribution in [0.3, 0.4) is 0 Å². The van der Waals surface area contributed by atoms with Gasteiger partial charge in [-0.05, 0) is 50.1 Å². The van der Waals surface area contributed by atoms with Gasteiger partial charge in [0.25, 0.3) is 0 Å². The van der Waals surface area contributed by atoms with E-state index in [9.17, 15) is 4.79 Å². The average molecular weight is 470 g/mol. The summed E-state index contributed by atoms with van der Waals surface area (Å²) in [5, 5.41) is 4.79. The summed E-state index contributed by atoms with van der Waals surface area (Å²) in [7, 11) is 1.67. The molecule has 0 atom stereocenters. The van der Waals surface area contributed by atoms with Crippen LogP contribution in [0, 0.1) is 13.8 Å². The first-order valence-corrected chi connectivity index (χ1v) is 12.1. The van der Waals surface area contributed by atoms with Gasteiger partial charge in [-0.1, -0.05) is 30.3 Å². The lowest BCUT2D eigenvalue weighted by Gasteiger charge is -2.36. The minimum absolute atomic E-state index is 0.198. The van der Waals surface area contributed by atoms with Gasteiger partial charge in [-0.25, -0.2) is 9.50 Å². The number of aromatic nitrogens is 3. The molecule has 0 N–H and O–H groups in total. The number of rotatable bonds is 6. The van der Waals surface area contributed by atoms with Gasteiger partial charge in [0.05, 0.1) is 12.8 Å². The average Bonchev–Trinajstić information content (AvgIpc) is 3.33. The number of carbonyl (C=O) groups is 1. The Morgan fingerprint density at radius 3 is 2.37 bits per heavy atom. The van der Waals surface area contributed by atoms with Crippen LogP contribution in [0.5, 0.6) is 5.75 Å². The van der Waals surface area contributed by atoms with Crippen molar-refractivity contribution in [2.75, 3.05) is 38.2 Å². The van der Waals surface area contributed by atoms with Gasteiger partial charge in [-0.3, -0.25) is 4.79 Å². The molecule has 2 aromatic carbocycles. The smallest absolute Gasteiger partial charge is 0.223 e. The van der Waals surface area contributed by atoms with Crippen molar-refractivity contribution in [2.24, 2.45) is 0 Å². The van der Waals surface area contributed by atoms with Crippen LogP contribution in [0.25, 0.3) is 16.9 Å². The Hall–Kier alpha value is -3.87. The SMILES string of the molecule is COc1ccc(N2CCN(C(=O)CCc3c(C)nc4cc(-c5ccccc5)nn4c3C)CC2)cc1. The monoisotopic (exact) mass is 469 g/mol. The van der Waals surface area contributed by atoms with Crippen molar-refractivity contribution < 1.29 is 9.53 Å². The summed E-state index contributed by atoms with van der Waals surface area (Å²) in [5.74, 6) is 1.05. The number of nitrogens with zero attached hydrogens (tertiary/aromatic N) is 5. The van der Waals surface area contributed by atoms with Crippen molar-refractivity contribution in [1.29, 1.82) is 0 Å². The van der Waals surface area contributed by atoms with Gasteiger partial charge < -0.3 is 14.5 Å². The number of piperazine rings is 1. The summed E-state index contributed by atoms with van der Waals surface area (Å²) in [6.07, 6.45) is 1.14. The third kappa shape index (κ3) is 4.71. The molecule has 4 aromatic rings. The van der Waals surface area contributed by atoms with E-state index in [2.05, 4.69) is 36.1 Å². The van der Waals surface area contributed by atoms with Gasteiger partial charge in [0.15, 0.2) is 5.65 Å². The molecule has 1 amide bonds. The number of hydrogen-bond acceptors (Lipinski definition) is 5. The Morgan fingerprint density at radius 2 is 1.69 bits per heavy atom. The fourth-order valence-electron chi connectivity index (χ4n) is 4.84. The maximum Gasteiger partial charge on any atom is 0.223 e. The number of amides is 1. The summed E-state index contributed by atoms with van der Waals surface area (Å²) in [5.41, 5.74) is 7.09. The molecule has 1 aliphatic rings. The van der Waals surface area contributed by atoms with Gasteiger partial charge >= 0.3 is 0 Å². The molecule has 0 spiro atoms. The summed E-state index contributed by atoms with van der Waals surface area (Å²) >= 11 is 0. The normalized spacial score (nSPS) is 13.9. The molecule has 7 heteroatoms. The minimum Gasteiger partial charge on any atom is -0.497 e. The Kier molecular flexibility index (Phi) is 6.40. The second kappa shape index (κ2) is 9.78.